The molecule has 0 saturated heterocycles. The predicted molar refractivity (Wildman–Crippen MR) is 55.3 cm³/mol. The van der Waals surface area contributed by atoms with Gasteiger partial charge in [0.25, 0.3) is 0 Å². The number of hydrogen-bond acceptors (Lipinski definition) is 2. The van der Waals surface area contributed by atoms with Crippen LogP contribution >= 0.6 is 0 Å². The minimum atomic E-state index is -0.436. The summed E-state index contributed by atoms with van der Waals surface area (Å²) in [4.78, 5) is 0. The third-order valence-electron chi connectivity index (χ3n) is 2.96. The first-order valence-electron chi connectivity index (χ1n) is 5.11. The van der Waals surface area contributed by atoms with Gasteiger partial charge in [-0.3, -0.25) is 0 Å². The van der Waals surface area contributed by atoms with E-state index < -0.39 is 5.60 Å². The van der Waals surface area contributed by atoms with E-state index in [-0.39, 0.29) is 0 Å². The van der Waals surface area contributed by atoms with E-state index in [0.29, 0.717) is 12.5 Å². The second-order valence-electron chi connectivity index (χ2n) is 4.12. The van der Waals surface area contributed by atoms with Crippen LogP contribution in [0.2, 0.25) is 0 Å². The van der Waals surface area contributed by atoms with Crippen LogP contribution in [0.1, 0.15) is 19.8 Å². The van der Waals surface area contributed by atoms with E-state index in [0.717, 1.165) is 18.6 Å². The van der Waals surface area contributed by atoms with Crippen LogP contribution in [-0.2, 0) is 0 Å². The second-order valence-corrected chi connectivity index (χ2v) is 4.12. The molecular formula is C12H16O2. The van der Waals surface area contributed by atoms with Crippen LogP contribution in [0.4, 0.5) is 0 Å². The zero-order valence-electron chi connectivity index (χ0n) is 8.44. The molecule has 2 rings (SSSR count). The fourth-order valence-corrected chi connectivity index (χ4v) is 1.68. The zero-order chi connectivity index (χ0) is 10.0. The molecule has 1 aliphatic rings. The molecule has 2 atom stereocenters. The van der Waals surface area contributed by atoms with Crippen LogP contribution in [0, 0.1) is 5.92 Å². The Balaban J connectivity index is 1.74. The highest BCUT2D eigenvalue weighted by molar-refractivity contribution is 5.20. The average molecular weight is 192 g/mol. The van der Waals surface area contributed by atoms with Crippen molar-refractivity contribution < 1.29 is 9.84 Å². The van der Waals surface area contributed by atoms with E-state index in [1.54, 1.807) is 0 Å². The third kappa shape index (κ3) is 2.07. The Morgan fingerprint density at radius 2 is 2.07 bits per heavy atom. The van der Waals surface area contributed by atoms with Crippen LogP contribution in [0.25, 0.3) is 0 Å². The standard InChI is InChI=1S/C12H16O2/c1-10-9-12(10,13)7-8-14-11-5-3-2-4-6-11/h2-6,10,13H,7-9H2,1H3. The van der Waals surface area contributed by atoms with Gasteiger partial charge in [-0.15, -0.1) is 0 Å². The number of rotatable bonds is 4. The van der Waals surface area contributed by atoms with Crippen molar-refractivity contribution in [2.24, 2.45) is 5.92 Å². The van der Waals surface area contributed by atoms with E-state index in [4.69, 9.17) is 4.74 Å². The van der Waals surface area contributed by atoms with E-state index in [9.17, 15) is 5.11 Å². The molecule has 2 unspecified atom stereocenters. The van der Waals surface area contributed by atoms with Crippen LogP contribution in [-0.4, -0.2) is 17.3 Å². The summed E-state index contributed by atoms with van der Waals surface area (Å²) in [6, 6.07) is 9.72. The minimum absolute atomic E-state index is 0.436. The molecule has 0 radical (unpaired) electrons. The minimum Gasteiger partial charge on any atom is -0.493 e. The molecule has 76 valence electrons. The maximum absolute atomic E-state index is 9.80. The summed E-state index contributed by atoms with van der Waals surface area (Å²) in [5, 5.41) is 9.80. The Bertz CT molecular complexity index is 296. The highest BCUT2D eigenvalue weighted by Crippen LogP contribution is 2.45. The van der Waals surface area contributed by atoms with Gasteiger partial charge in [-0.2, -0.15) is 0 Å². The lowest BCUT2D eigenvalue weighted by molar-refractivity contribution is 0.103. The first-order chi connectivity index (χ1) is 6.71. The molecule has 1 aromatic rings. The fourth-order valence-electron chi connectivity index (χ4n) is 1.68. The Labute approximate surface area is 84.5 Å². The summed E-state index contributed by atoms with van der Waals surface area (Å²) >= 11 is 0. The molecule has 1 saturated carbocycles. The van der Waals surface area contributed by atoms with Gasteiger partial charge in [-0.25, -0.2) is 0 Å². The second kappa shape index (κ2) is 3.62. The molecule has 0 spiro atoms. The monoisotopic (exact) mass is 192 g/mol. The van der Waals surface area contributed by atoms with Crippen molar-refractivity contribution in [1.29, 1.82) is 0 Å². The van der Waals surface area contributed by atoms with Gasteiger partial charge in [-0.05, 0) is 24.5 Å². The molecule has 1 aliphatic carbocycles. The zero-order valence-corrected chi connectivity index (χ0v) is 8.44. The van der Waals surface area contributed by atoms with Crippen molar-refractivity contribution in [3.8, 4) is 5.75 Å². The average Bonchev–Trinajstić information content (AvgIpc) is 2.76. The van der Waals surface area contributed by atoms with Crippen molar-refractivity contribution in [1.82, 2.24) is 0 Å². The number of hydrogen-bond donors (Lipinski definition) is 1. The van der Waals surface area contributed by atoms with Crippen molar-refractivity contribution in [3.05, 3.63) is 30.3 Å². The maximum Gasteiger partial charge on any atom is 0.119 e. The molecule has 0 bridgehead atoms. The molecule has 1 aromatic carbocycles. The number of ether oxygens (including phenoxy) is 1. The fraction of sp³-hybridized carbons (Fsp3) is 0.500. The smallest absolute Gasteiger partial charge is 0.119 e. The SMILES string of the molecule is CC1CC1(O)CCOc1ccccc1. The van der Waals surface area contributed by atoms with Gasteiger partial charge in [0.05, 0.1) is 12.2 Å². The summed E-state index contributed by atoms with van der Waals surface area (Å²) in [5.41, 5.74) is -0.436. The van der Waals surface area contributed by atoms with Crippen LogP contribution in [0.3, 0.4) is 0 Å². The normalized spacial score (nSPS) is 30.0. The molecule has 0 amide bonds. The number of benzene rings is 1. The van der Waals surface area contributed by atoms with Gasteiger partial charge in [0.15, 0.2) is 0 Å². The molecule has 2 nitrogen and oxygen atoms in total. The number of para-hydroxylation sites is 1. The van der Waals surface area contributed by atoms with Gasteiger partial charge in [0.2, 0.25) is 0 Å². The van der Waals surface area contributed by atoms with E-state index in [1.165, 1.54) is 0 Å². The predicted octanol–water partition coefficient (Wildman–Crippen LogP) is 2.23. The van der Waals surface area contributed by atoms with Gasteiger partial charge in [-0.1, -0.05) is 25.1 Å². The molecule has 1 fully saturated rings. The molecule has 0 aromatic heterocycles. The highest BCUT2D eigenvalue weighted by Gasteiger charge is 2.48. The number of aliphatic hydroxyl groups is 1. The quantitative estimate of drug-likeness (QED) is 0.792. The van der Waals surface area contributed by atoms with Crippen LogP contribution < -0.4 is 4.74 Å². The third-order valence-corrected chi connectivity index (χ3v) is 2.96. The van der Waals surface area contributed by atoms with Crippen LogP contribution in [0.15, 0.2) is 30.3 Å². The summed E-state index contributed by atoms with van der Waals surface area (Å²) in [6.07, 6.45) is 1.66. The lowest BCUT2D eigenvalue weighted by Crippen LogP contribution is -2.14. The maximum atomic E-state index is 9.80. The summed E-state index contributed by atoms with van der Waals surface area (Å²) < 4.78 is 5.51. The van der Waals surface area contributed by atoms with E-state index >= 15 is 0 Å². The molecular weight excluding hydrogens is 176 g/mol. The molecule has 2 heteroatoms. The first-order valence-corrected chi connectivity index (χ1v) is 5.11. The van der Waals surface area contributed by atoms with Gasteiger partial charge < -0.3 is 9.84 Å². The lowest BCUT2D eigenvalue weighted by atomic mass is 10.2. The van der Waals surface area contributed by atoms with Gasteiger partial charge >= 0.3 is 0 Å². The first kappa shape index (κ1) is 9.53. The summed E-state index contributed by atoms with van der Waals surface area (Å²) in [7, 11) is 0. The van der Waals surface area contributed by atoms with Crippen molar-refractivity contribution in [2.75, 3.05) is 6.61 Å². The molecule has 1 N–H and O–H groups in total. The van der Waals surface area contributed by atoms with E-state index in [1.807, 2.05) is 30.3 Å². The molecule has 14 heavy (non-hydrogen) atoms. The van der Waals surface area contributed by atoms with Crippen molar-refractivity contribution in [2.45, 2.75) is 25.4 Å². The summed E-state index contributed by atoms with van der Waals surface area (Å²) in [6.45, 7) is 2.67. The van der Waals surface area contributed by atoms with E-state index in [2.05, 4.69) is 6.92 Å². The highest BCUT2D eigenvalue weighted by atomic mass is 16.5. The largest absolute Gasteiger partial charge is 0.493 e. The lowest BCUT2D eigenvalue weighted by Gasteiger charge is -2.10. The topological polar surface area (TPSA) is 29.5 Å². The Kier molecular flexibility index (Phi) is 2.46. The Morgan fingerprint density at radius 3 is 2.64 bits per heavy atom. The van der Waals surface area contributed by atoms with Crippen LogP contribution in [0.5, 0.6) is 5.75 Å². The van der Waals surface area contributed by atoms with Gasteiger partial charge in [0, 0.05) is 6.42 Å². The molecule has 0 aliphatic heterocycles. The Morgan fingerprint density at radius 1 is 1.43 bits per heavy atom. The van der Waals surface area contributed by atoms with Gasteiger partial charge in [0.1, 0.15) is 5.75 Å². The van der Waals surface area contributed by atoms with Crippen molar-refractivity contribution in [3.63, 3.8) is 0 Å². The summed E-state index contributed by atoms with van der Waals surface area (Å²) in [5.74, 6) is 1.33. The molecule has 0 heterocycles. The Hall–Kier alpha value is -1.02. The van der Waals surface area contributed by atoms with Crippen molar-refractivity contribution >= 4 is 0 Å².